The first-order chi connectivity index (χ1) is 10.1. The first-order valence-corrected chi connectivity index (χ1v) is 7.60. The highest BCUT2D eigenvalue weighted by Gasteiger charge is 2.23. The van der Waals surface area contributed by atoms with E-state index < -0.39 is 0 Å². The minimum Gasteiger partial charge on any atom is -0.378 e. The number of anilines is 1. The lowest BCUT2D eigenvalue weighted by Crippen LogP contribution is -2.51. The third-order valence-electron chi connectivity index (χ3n) is 3.87. The van der Waals surface area contributed by atoms with Crippen LogP contribution < -0.4 is 5.32 Å². The molecule has 2 heterocycles. The fourth-order valence-electron chi connectivity index (χ4n) is 2.67. The zero-order valence-electron chi connectivity index (χ0n) is 13.6. The van der Waals surface area contributed by atoms with Crippen molar-refractivity contribution < 1.29 is 4.74 Å². The molecule has 118 valence electrons. The van der Waals surface area contributed by atoms with Crippen LogP contribution in [0.15, 0.2) is 6.07 Å². The van der Waals surface area contributed by atoms with E-state index in [0.717, 1.165) is 49.9 Å². The van der Waals surface area contributed by atoms with Crippen LogP contribution in [0, 0.1) is 0 Å². The summed E-state index contributed by atoms with van der Waals surface area (Å²) in [5.74, 6) is 1.79. The molecule has 0 radical (unpaired) electrons. The molecule has 1 atom stereocenters. The number of piperazine rings is 1. The van der Waals surface area contributed by atoms with E-state index in [1.54, 1.807) is 7.11 Å². The maximum absolute atomic E-state index is 5.21. The summed E-state index contributed by atoms with van der Waals surface area (Å²) in [4.78, 5) is 14.0. The minimum absolute atomic E-state index is 0.469. The smallest absolute Gasteiger partial charge is 0.132 e. The van der Waals surface area contributed by atoms with Gasteiger partial charge in [0.25, 0.3) is 0 Å². The third kappa shape index (κ3) is 4.62. The number of rotatable bonds is 6. The number of hydrogen-bond donors (Lipinski definition) is 1. The second kappa shape index (κ2) is 7.68. The van der Waals surface area contributed by atoms with Crippen molar-refractivity contribution in [2.24, 2.45) is 0 Å². The number of ether oxygens (including phenoxy) is 1. The topological polar surface area (TPSA) is 53.5 Å². The van der Waals surface area contributed by atoms with Gasteiger partial charge in [-0.05, 0) is 21.0 Å². The Morgan fingerprint density at radius 3 is 2.86 bits per heavy atom. The molecule has 6 nitrogen and oxygen atoms in total. The van der Waals surface area contributed by atoms with E-state index in [-0.39, 0.29) is 0 Å². The normalized spacial score (nSPS) is 20.7. The van der Waals surface area contributed by atoms with Crippen LogP contribution in [0.25, 0.3) is 0 Å². The number of hydrogen-bond acceptors (Lipinski definition) is 6. The molecular weight excluding hydrogens is 266 g/mol. The molecule has 1 N–H and O–H groups in total. The average Bonchev–Trinajstić information content (AvgIpc) is 2.43. The lowest BCUT2D eigenvalue weighted by molar-refractivity contribution is 0.113. The van der Waals surface area contributed by atoms with E-state index in [2.05, 4.69) is 46.1 Å². The minimum atomic E-state index is 0.469. The monoisotopic (exact) mass is 293 g/mol. The molecule has 0 bridgehead atoms. The van der Waals surface area contributed by atoms with Gasteiger partial charge in [0.15, 0.2) is 0 Å². The first kappa shape index (κ1) is 16.1. The summed E-state index contributed by atoms with van der Waals surface area (Å²) in [6.45, 7) is 6.73. The van der Waals surface area contributed by atoms with E-state index in [9.17, 15) is 0 Å². The molecule has 1 aromatic heterocycles. The molecule has 1 fully saturated rings. The highest BCUT2D eigenvalue weighted by atomic mass is 16.5. The number of nitrogens with one attached hydrogen (secondary N) is 1. The van der Waals surface area contributed by atoms with Gasteiger partial charge in [0.2, 0.25) is 0 Å². The van der Waals surface area contributed by atoms with Crippen molar-refractivity contribution in [2.75, 3.05) is 52.7 Å². The molecule has 1 aliphatic heterocycles. The Morgan fingerprint density at radius 2 is 2.14 bits per heavy atom. The Labute approximate surface area is 127 Å². The van der Waals surface area contributed by atoms with E-state index >= 15 is 0 Å². The van der Waals surface area contributed by atoms with E-state index in [4.69, 9.17) is 4.74 Å². The molecule has 0 spiro atoms. The van der Waals surface area contributed by atoms with Crippen LogP contribution >= 0.6 is 0 Å². The summed E-state index contributed by atoms with van der Waals surface area (Å²) >= 11 is 0. The fourth-order valence-corrected chi connectivity index (χ4v) is 2.67. The zero-order chi connectivity index (χ0) is 15.2. The van der Waals surface area contributed by atoms with Crippen molar-refractivity contribution in [1.82, 2.24) is 19.8 Å². The van der Waals surface area contributed by atoms with Crippen LogP contribution in [0.4, 0.5) is 5.82 Å². The van der Waals surface area contributed by atoms with Gasteiger partial charge in [-0.3, -0.25) is 0 Å². The number of methoxy groups -OCH3 is 1. The lowest BCUT2D eigenvalue weighted by Gasteiger charge is -2.37. The van der Waals surface area contributed by atoms with Gasteiger partial charge in [0.05, 0.1) is 12.3 Å². The van der Waals surface area contributed by atoms with Gasteiger partial charge < -0.3 is 19.9 Å². The molecule has 1 saturated heterocycles. The molecule has 21 heavy (non-hydrogen) atoms. The van der Waals surface area contributed by atoms with Crippen LogP contribution in [-0.2, 0) is 17.8 Å². The van der Waals surface area contributed by atoms with Gasteiger partial charge in [-0.15, -0.1) is 0 Å². The Bertz CT molecular complexity index is 429. The zero-order valence-corrected chi connectivity index (χ0v) is 13.6. The molecule has 6 heteroatoms. The molecule has 0 aliphatic carbocycles. The van der Waals surface area contributed by atoms with Crippen molar-refractivity contribution in [3.8, 4) is 0 Å². The fraction of sp³-hybridized carbons (Fsp3) is 0.733. The highest BCUT2D eigenvalue weighted by molar-refractivity contribution is 5.35. The van der Waals surface area contributed by atoms with Crippen LogP contribution in [0.1, 0.15) is 18.4 Å². The maximum Gasteiger partial charge on any atom is 0.132 e. The summed E-state index contributed by atoms with van der Waals surface area (Å²) in [5, 5.41) is 3.27. The van der Waals surface area contributed by atoms with Gasteiger partial charge in [-0.2, -0.15) is 0 Å². The van der Waals surface area contributed by atoms with Gasteiger partial charge in [0.1, 0.15) is 11.6 Å². The summed E-state index contributed by atoms with van der Waals surface area (Å²) < 4.78 is 5.21. The summed E-state index contributed by atoms with van der Waals surface area (Å²) in [7, 11) is 6.05. The van der Waals surface area contributed by atoms with Crippen LogP contribution in [0.2, 0.25) is 0 Å². The number of nitrogens with zero attached hydrogens (tertiary/aromatic N) is 4. The lowest BCUT2D eigenvalue weighted by atomic mass is 10.1. The molecule has 0 amide bonds. The largest absolute Gasteiger partial charge is 0.378 e. The number of aromatic nitrogens is 2. The summed E-state index contributed by atoms with van der Waals surface area (Å²) in [6, 6.07) is 2.43. The maximum atomic E-state index is 5.21. The van der Waals surface area contributed by atoms with Crippen molar-refractivity contribution in [2.45, 2.75) is 26.0 Å². The summed E-state index contributed by atoms with van der Waals surface area (Å²) in [6.07, 6.45) is 0.872. The quantitative estimate of drug-likeness (QED) is 0.839. The highest BCUT2D eigenvalue weighted by Crippen LogP contribution is 2.13. The van der Waals surface area contributed by atoms with Crippen molar-refractivity contribution >= 4 is 5.82 Å². The van der Waals surface area contributed by atoms with Crippen LogP contribution in [0.5, 0.6) is 0 Å². The van der Waals surface area contributed by atoms with Gasteiger partial charge in [-0.25, -0.2) is 9.97 Å². The Hall–Kier alpha value is -1.24. The van der Waals surface area contributed by atoms with Crippen LogP contribution in [-0.4, -0.2) is 73.2 Å². The van der Waals surface area contributed by atoms with Gasteiger partial charge >= 0.3 is 0 Å². The Kier molecular flexibility index (Phi) is 5.90. The molecule has 0 saturated carbocycles. The van der Waals surface area contributed by atoms with Crippen LogP contribution in [0.3, 0.4) is 0 Å². The predicted octanol–water partition coefficient (Wildman–Crippen LogP) is 0.843. The standard InChI is InChI=1S/C15H27N5O/c1-5-16-14-8-12(11-21-4)17-15(18-14)9-13-10-19(2)6-7-20(13)3/h8,13H,5-7,9-11H2,1-4H3,(H,16,17,18). The molecule has 1 aliphatic rings. The predicted molar refractivity (Wildman–Crippen MR) is 84.5 cm³/mol. The first-order valence-electron chi connectivity index (χ1n) is 7.60. The van der Waals surface area contributed by atoms with Crippen molar-refractivity contribution in [3.63, 3.8) is 0 Å². The molecule has 0 aromatic carbocycles. The summed E-state index contributed by atoms with van der Waals surface area (Å²) in [5.41, 5.74) is 0.935. The average molecular weight is 293 g/mol. The molecule has 1 aromatic rings. The van der Waals surface area contributed by atoms with Crippen molar-refractivity contribution in [3.05, 3.63) is 17.6 Å². The SMILES string of the molecule is CCNc1cc(COC)nc(CC2CN(C)CCN2C)n1. The van der Waals surface area contributed by atoms with Gasteiger partial charge in [-0.1, -0.05) is 0 Å². The molecular formula is C15H27N5O. The van der Waals surface area contributed by atoms with E-state index in [1.165, 1.54) is 0 Å². The molecule has 2 rings (SSSR count). The second-order valence-electron chi connectivity index (χ2n) is 5.72. The Morgan fingerprint density at radius 1 is 1.33 bits per heavy atom. The second-order valence-corrected chi connectivity index (χ2v) is 5.72. The number of likely N-dealkylation sites (N-methyl/N-ethyl adjacent to an activating group) is 2. The Balaban J connectivity index is 2.13. The molecule has 1 unspecified atom stereocenters. The van der Waals surface area contributed by atoms with E-state index in [0.29, 0.717) is 12.6 Å². The third-order valence-corrected chi connectivity index (χ3v) is 3.87. The van der Waals surface area contributed by atoms with Gasteiger partial charge in [0, 0.05) is 51.8 Å². The van der Waals surface area contributed by atoms with E-state index in [1.807, 2.05) is 6.07 Å². The van der Waals surface area contributed by atoms with Crippen molar-refractivity contribution in [1.29, 1.82) is 0 Å².